The molecule has 0 unspecified atom stereocenters. The van der Waals surface area contributed by atoms with Crippen LogP contribution in [0.4, 0.5) is 11.4 Å². The van der Waals surface area contributed by atoms with Gasteiger partial charge in [-0.25, -0.2) is 0 Å². The molecule has 0 saturated carbocycles. The normalized spacial score (nSPS) is 11.7. The second-order valence-corrected chi connectivity index (χ2v) is 6.37. The van der Waals surface area contributed by atoms with Crippen LogP contribution in [-0.2, 0) is 4.79 Å². The molecule has 0 saturated heterocycles. The van der Waals surface area contributed by atoms with E-state index in [9.17, 15) is 9.59 Å². The lowest BCUT2D eigenvalue weighted by Crippen LogP contribution is -2.22. The number of hydrogen-bond donors (Lipinski definition) is 2. The maximum atomic E-state index is 12.2. The molecule has 114 valence electrons. The zero-order valence-electron chi connectivity index (χ0n) is 12.5. The van der Waals surface area contributed by atoms with Crippen LogP contribution >= 0.6 is 11.8 Å². The molecule has 2 aromatic rings. The third-order valence-electron chi connectivity index (χ3n) is 3.12. The van der Waals surface area contributed by atoms with Gasteiger partial charge in [0.15, 0.2) is 5.78 Å². The maximum Gasteiger partial charge on any atom is 0.237 e. The van der Waals surface area contributed by atoms with Crippen LogP contribution in [0.15, 0.2) is 53.4 Å². The Labute approximate surface area is 134 Å². The zero-order chi connectivity index (χ0) is 16.1. The highest BCUT2D eigenvalue weighted by molar-refractivity contribution is 8.00. The van der Waals surface area contributed by atoms with Crippen molar-refractivity contribution in [2.45, 2.75) is 24.0 Å². The van der Waals surface area contributed by atoms with E-state index in [1.165, 1.54) is 18.7 Å². The molecule has 0 aliphatic carbocycles. The molecule has 0 aliphatic rings. The van der Waals surface area contributed by atoms with E-state index in [1.54, 1.807) is 24.3 Å². The lowest BCUT2D eigenvalue weighted by atomic mass is 10.1. The van der Waals surface area contributed by atoms with E-state index < -0.39 is 0 Å². The largest absolute Gasteiger partial charge is 0.399 e. The molecular weight excluding hydrogens is 296 g/mol. The van der Waals surface area contributed by atoms with Gasteiger partial charge in [0, 0.05) is 21.8 Å². The average molecular weight is 314 g/mol. The van der Waals surface area contributed by atoms with E-state index >= 15 is 0 Å². The smallest absolute Gasteiger partial charge is 0.237 e. The van der Waals surface area contributed by atoms with E-state index in [4.69, 9.17) is 5.73 Å². The molecule has 0 spiro atoms. The van der Waals surface area contributed by atoms with Gasteiger partial charge in [-0.15, -0.1) is 11.8 Å². The predicted molar refractivity (Wildman–Crippen MR) is 91.2 cm³/mol. The summed E-state index contributed by atoms with van der Waals surface area (Å²) in [5.41, 5.74) is 7.65. The molecule has 0 aliphatic heterocycles. The lowest BCUT2D eigenvalue weighted by Gasteiger charge is -2.12. The highest BCUT2D eigenvalue weighted by atomic mass is 32.2. The van der Waals surface area contributed by atoms with Crippen LogP contribution in [0, 0.1) is 0 Å². The van der Waals surface area contributed by atoms with E-state index in [-0.39, 0.29) is 16.9 Å². The molecule has 0 aromatic heterocycles. The number of hydrogen-bond acceptors (Lipinski definition) is 4. The third-order valence-corrected chi connectivity index (χ3v) is 4.23. The number of carbonyl (C=O) groups excluding carboxylic acids is 2. The van der Waals surface area contributed by atoms with Crippen LogP contribution in [0.3, 0.4) is 0 Å². The van der Waals surface area contributed by atoms with Crippen molar-refractivity contribution in [2.24, 2.45) is 0 Å². The Morgan fingerprint density at radius 2 is 1.64 bits per heavy atom. The molecule has 0 radical (unpaired) electrons. The Balaban J connectivity index is 1.95. The van der Waals surface area contributed by atoms with Gasteiger partial charge in [0.1, 0.15) is 0 Å². The first-order valence-electron chi connectivity index (χ1n) is 6.90. The number of nitrogens with one attached hydrogen (secondary N) is 1. The summed E-state index contributed by atoms with van der Waals surface area (Å²) in [6.07, 6.45) is 0. The Morgan fingerprint density at radius 3 is 2.18 bits per heavy atom. The molecule has 0 fully saturated rings. The van der Waals surface area contributed by atoms with Crippen molar-refractivity contribution in [1.82, 2.24) is 0 Å². The van der Waals surface area contributed by atoms with Crippen LogP contribution < -0.4 is 11.1 Å². The first-order chi connectivity index (χ1) is 10.5. The fourth-order valence-electron chi connectivity index (χ4n) is 1.84. The van der Waals surface area contributed by atoms with Crippen LogP contribution in [0.2, 0.25) is 0 Å². The number of benzene rings is 2. The minimum absolute atomic E-state index is 0.00477. The van der Waals surface area contributed by atoms with Crippen molar-refractivity contribution in [1.29, 1.82) is 0 Å². The quantitative estimate of drug-likeness (QED) is 0.502. The van der Waals surface area contributed by atoms with Gasteiger partial charge in [-0.1, -0.05) is 0 Å². The van der Waals surface area contributed by atoms with Gasteiger partial charge in [0.2, 0.25) is 5.91 Å². The summed E-state index contributed by atoms with van der Waals surface area (Å²) >= 11 is 1.47. The number of thioether (sulfide) groups is 1. The van der Waals surface area contributed by atoms with Crippen molar-refractivity contribution < 1.29 is 9.59 Å². The topological polar surface area (TPSA) is 72.2 Å². The Morgan fingerprint density at radius 1 is 1.05 bits per heavy atom. The molecule has 1 amide bonds. The fraction of sp³-hybridized carbons (Fsp3) is 0.176. The summed E-state index contributed by atoms with van der Waals surface area (Å²) in [7, 11) is 0. The highest BCUT2D eigenvalue weighted by Gasteiger charge is 2.14. The maximum absolute atomic E-state index is 12.2. The SMILES string of the molecule is CC(=O)c1ccc(NC(=O)[C@H](C)Sc2ccc(N)cc2)cc1. The van der Waals surface area contributed by atoms with Gasteiger partial charge in [-0.3, -0.25) is 9.59 Å². The number of rotatable bonds is 5. The third kappa shape index (κ3) is 4.36. The average Bonchev–Trinajstić information content (AvgIpc) is 2.50. The van der Waals surface area contributed by atoms with Crippen molar-refractivity contribution in [3.63, 3.8) is 0 Å². The standard InChI is InChI=1S/C17H18N2O2S/c1-11(20)13-3-7-15(8-4-13)19-17(21)12(2)22-16-9-5-14(18)6-10-16/h3-10,12H,18H2,1-2H3,(H,19,21)/t12-/m0/s1. The van der Waals surface area contributed by atoms with Crippen LogP contribution in [0.1, 0.15) is 24.2 Å². The number of carbonyl (C=O) groups is 2. The van der Waals surface area contributed by atoms with Gasteiger partial charge in [-0.2, -0.15) is 0 Å². The Kier molecular flexibility index (Phi) is 5.22. The summed E-state index contributed by atoms with van der Waals surface area (Å²) in [5, 5.41) is 2.60. The van der Waals surface area contributed by atoms with E-state index in [2.05, 4.69) is 5.32 Å². The first-order valence-corrected chi connectivity index (χ1v) is 7.78. The number of amides is 1. The second-order valence-electron chi connectivity index (χ2n) is 4.95. The van der Waals surface area contributed by atoms with Gasteiger partial charge >= 0.3 is 0 Å². The van der Waals surface area contributed by atoms with Gasteiger partial charge in [0.25, 0.3) is 0 Å². The number of ketones is 1. The summed E-state index contributed by atoms with van der Waals surface area (Å²) in [6.45, 7) is 3.36. The Bertz CT molecular complexity index is 666. The van der Waals surface area contributed by atoms with Crippen LogP contribution in [0.25, 0.3) is 0 Å². The van der Waals surface area contributed by atoms with Crippen LogP contribution in [-0.4, -0.2) is 16.9 Å². The van der Waals surface area contributed by atoms with E-state index in [0.29, 0.717) is 16.9 Å². The van der Waals surface area contributed by atoms with Crippen molar-refractivity contribution in [3.8, 4) is 0 Å². The van der Waals surface area contributed by atoms with Gasteiger partial charge < -0.3 is 11.1 Å². The molecule has 0 heterocycles. The zero-order valence-corrected chi connectivity index (χ0v) is 13.3. The summed E-state index contributed by atoms with van der Waals surface area (Å²) in [5.74, 6) is -0.0810. The molecule has 0 bridgehead atoms. The molecule has 2 aromatic carbocycles. The fourth-order valence-corrected chi connectivity index (χ4v) is 2.70. The van der Waals surface area contributed by atoms with E-state index in [0.717, 1.165) is 4.90 Å². The number of Topliss-reactive ketones (excluding diaryl/α,β-unsaturated/α-hetero) is 1. The van der Waals surface area contributed by atoms with Crippen LogP contribution in [0.5, 0.6) is 0 Å². The summed E-state index contributed by atoms with van der Waals surface area (Å²) in [4.78, 5) is 24.4. The molecule has 1 atom stereocenters. The minimum Gasteiger partial charge on any atom is -0.399 e. The summed E-state index contributed by atoms with van der Waals surface area (Å²) in [6, 6.07) is 14.3. The van der Waals surface area contributed by atoms with E-state index in [1.807, 2.05) is 31.2 Å². The number of anilines is 2. The number of nitrogen functional groups attached to an aromatic ring is 1. The van der Waals surface area contributed by atoms with Crippen molar-refractivity contribution in [2.75, 3.05) is 11.1 Å². The summed E-state index contributed by atoms with van der Waals surface area (Å²) < 4.78 is 0. The molecule has 4 nitrogen and oxygen atoms in total. The molecule has 2 rings (SSSR count). The Hall–Kier alpha value is -2.27. The monoisotopic (exact) mass is 314 g/mol. The van der Waals surface area contributed by atoms with Crippen molar-refractivity contribution in [3.05, 3.63) is 54.1 Å². The van der Waals surface area contributed by atoms with Gasteiger partial charge in [0.05, 0.1) is 5.25 Å². The predicted octanol–water partition coefficient (Wildman–Crippen LogP) is 3.59. The second kappa shape index (κ2) is 7.13. The molecule has 3 N–H and O–H groups in total. The first kappa shape index (κ1) is 16.1. The molecule has 5 heteroatoms. The lowest BCUT2D eigenvalue weighted by molar-refractivity contribution is -0.115. The van der Waals surface area contributed by atoms with Gasteiger partial charge in [-0.05, 0) is 62.4 Å². The minimum atomic E-state index is -0.240. The molecular formula is C17H18N2O2S. The molecule has 22 heavy (non-hydrogen) atoms. The number of nitrogens with two attached hydrogens (primary N) is 1. The highest BCUT2D eigenvalue weighted by Crippen LogP contribution is 2.25. The van der Waals surface area contributed by atoms with Crippen molar-refractivity contribution >= 4 is 34.8 Å².